The number of hydrogen-bond donors (Lipinski definition) is 0. The van der Waals surface area contributed by atoms with Crippen LogP contribution in [0.25, 0.3) is 0 Å². The molecule has 0 unspecified atom stereocenters. The van der Waals surface area contributed by atoms with E-state index in [1.54, 1.807) is 0 Å². The molecule has 0 amide bonds. The Labute approximate surface area is 66.0 Å². The van der Waals surface area contributed by atoms with Crippen molar-refractivity contribution in [3.05, 3.63) is 35.4 Å². The summed E-state index contributed by atoms with van der Waals surface area (Å²) in [6, 6.07) is 8.14. The second-order valence-corrected chi connectivity index (χ2v) is 2.88. The van der Waals surface area contributed by atoms with E-state index in [4.69, 9.17) is 0 Å². The lowest BCUT2D eigenvalue weighted by Gasteiger charge is -2.20. The van der Waals surface area contributed by atoms with Crippen molar-refractivity contribution in [3.63, 3.8) is 0 Å². The lowest BCUT2D eigenvalue weighted by atomic mass is 10.0. The maximum atomic E-state index is 10.9. The largest absolute Gasteiger partial charge is 0.150 e. The molecule has 2 nitrogen and oxygen atoms in total. The molecule has 1 radical (unpaired) electrons. The van der Waals surface area contributed by atoms with E-state index in [2.05, 4.69) is 6.07 Å². The van der Waals surface area contributed by atoms with Gasteiger partial charge in [-0.3, -0.25) is 0 Å². The van der Waals surface area contributed by atoms with Crippen LogP contribution in [0.5, 0.6) is 0 Å². The number of benzene rings is 1. The fraction of sp³-hybridized carbons (Fsp3) is 0.333. The van der Waals surface area contributed by atoms with Crippen LogP contribution in [0.4, 0.5) is 0 Å². The summed E-state index contributed by atoms with van der Waals surface area (Å²) in [4.78, 5) is 0. The van der Waals surface area contributed by atoms with Gasteiger partial charge < -0.3 is 0 Å². The quantitative estimate of drug-likeness (QED) is 0.545. The zero-order valence-corrected chi connectivity index (χ0v) is 6.29. The van der Waals surface area contributed by atoms with Gasteiger partial charge in [-0.25, -0.2) is 0 Å². The molecule has 11 heavy (non-hydrogen) atoms. The number of hydrogen-bond acceptors (Lipinski definition) is 1. The van der Waals surface area contributed by atoms with Crippen LogP contribution in [0.2, 0.25) is 0 Å². The Hall–Kier alpha value is -0.860. The van der Waals surface area contributed by atoms with Crippen molar-refractivity contribution in [2.24, 2.45) is 0 Å². The van der Waals surface area contributed by atoms with E-state index < -0.39 is 0 Å². The Bertz CT molecular complexity index is 259. The molecular formula is C9H10NO. The second-order valence-electron chi connectivity index (χ2n) is 2.88. The maximum Gasteiger partial charge on any atom is 0.0524 e. The molecular weight excluding hydrogens is 138 g/mol. The lowest BCUT2D eigenvalue weighted by molar-refractivity contribution is -0.167. The van der Waals surface area contributed by atoms with Crippen molar-refractivity contribution >= 4 is 0 Å². The van der Waals surface area contributed by atoms with Crippen LogP contribution in [0.1, 0.15) is 11.1 Å². The van der Waals surface area contributed by atoms with Crippen LogP contribution >= 0.6 is 0 Å². The molecule has 57 valence electrons. The molecule has 0 aliphatic carbocycles. The summed E-state index contributed by atoms with van der Waals surface area (Å²) in [6.45, 7) is 1.22. The minimum Gasteiger partial charge on any atom is -0.150 e. The monoisotopic (exact) mass is 148 g/mol. The number of hydroxylamine groups is 2. The Morgan fingerprint density at radius 3 is 2.73 bits per heavy atom. The van der Waals surface area contributed by atoms with E-state index in [9.17, 15) is 5.21 Å². The van der Waals surface area contributed by atoms with Crippen molar-refractivity contribution in [2.45, 2.75) is 13.0 Å². The second kappa shape index (κ2) is 2.64. The van der Waals surface area contributed by atoms with Crippen molar-refractivity contribution in [1.82, 2.24) is 5.06 Å². The molecule has 0 saturated carbocycles. The first kappa shape index (κ1) is 6.83. The lowest BCUT2D eigenvalue weighted by Crippen LogP contribution is -2.25. The van der Waals surface area contributed by atoms with Crippen LogP contribution < -0.4 is 0 Å². The van der Waals surface area contributed by atoms with Crippen LogP contribution in [-0.2, 0) is 18.2 Å². The SMILES string of the molecule is [O]N1CCc2ccccc2C1. The molecule has 1 heterocycles. The smallest absolute Gasteiger partial charge is 0.0524 e. The molecule has 0 fully saturated rings. The van der Waals surface area contributed by atoms with Crippen molar-refractivity contribution in [2.75, 3.05) is 6.54 Å². The van der Waals surface area contributed by atoms with Gasteiger partial charge in [0.1, 0.15) is 0 Å². The van der Waals surface area contributed by atoms with Crippen LogP contribution in [0.3, 0.4) is 0 Å². The highest BCUT2D eigenvalue weighted by Gasteiger charge is 2.13. The average molecular weight is 148 g/mol. The zero-order valence-electron chi connectivity index (χ0n) is 6.29. The van der Waals surface area contributed by atoms with E-state index in [1.165, 1.54) is 11.1 Å². The summed E-state index contributed by atoms with van der Waals surface area (Å²) < 4.78 is 0. The predicted octanol–water partition coefficient (Wildman–Crippen LogP) is 1.39. The molecule has 1 aliphatic heterocycles. The Morgan fingerprint density at radius 1 is 1.18 bits per heavy atom. The van der Waals surface area contributed by atoms with Crippen LogP contribution in [0, 0.1) is 0 Å². The predicted molar refractivity (Wildman–Crippen MR) is 41.2 cm³/mol. The third-order valence-corrected chi connectivity index (χ3v) is 2.10. The fourth-order valence-corrected chi connectivity index (χ4v) is 1.47. The molecule has 0 bridgehead atoms. The van der Waals surface area contributed by atoms with Crippen molar-refractivity contribution in [1.29, 1.82) is 0 Å². The first-order valence-corrected chi connectivity index (χ1v) is 3.85. The van der Waals surface area contributed by atoms with Gasteiger partial charge in [-0.2, -0.15) is 5.06 Å². The molecule has 2 heteroatoms. The van der Waals surface area contributed by atoms with Gasteiger partial charge in [0.15, 0.2) is 0 Å². The van der Waals surface area contributed by atoms with Crippen LogP contribution in [0.15, 0.2) is 24.3 Å². The number of fused-ring (bicyclic) bond motifs is 1. The maximum absolute atomic E-state index is 10.9. The van der Waals surface area contributed by atoms with Gasteiger partial charge in [-0.1, -0.05) is 24.3 Å². The van der Waals surface area contributed by atoms with E-state index in [-0.39, 0.29) is 0 Å². The third kappa shape index (κ3) is 1.27. The third-order valence-electron chi connectivity index (χ3n) is 2.10. The number of nitrogens with zero attached hydrogens (tertiary/aromatic N) is 1. The molecule has 1 aliphatic rings. The van der Waals surface area contributed by atoms with Gasteiger partial charge in [0.25, 0.3) is 0 Å². The van der Waals surface area contributed by atoms with Crippen molar-refractivity contribution < 1.29 is 5.21 Å². The summed E-state index contributed by atoms with van der Waals surface area (Å²) in [5.41, 5.74) is 2.52. The van der Waals surface area contributed by atoms with Crippen molar-refractivity contribution in [3.8, 4) is 0 Å². The highest BCUT2D eigenvalue weighted by molar-refractivity contribution is 5.28. The van der Waals surface area contributed by atoms with E-state index >= 15 is 0 Å². The van der Waals surface area contributed by atoms with E-state index in [1.807, 2.05) is 18.2 Å². The Morgan fingerprint density at radius 2 is 1.91 bits per heavy atom. The minimum absolute atomic E-state index is 0.566. The highest BCUT2D eigenvalue weighted by atomic mass is 16.5. The fourth-order valence-electron chi connectivity index (χ4n) is 1.47. The van der Waals surface area contributed by atoms with Crippen LogP contribution in [-0.4, -0.2) is 11.6 Å². The summed E-state index contributed by atoms with van der Waals surface area (Å²) in [5, 5.41) is 12.1. The standard InChI is InChI=1S/C9H10NO/c11-10-6-5-8-3-1-2-4-9(8)7-10/h1-4H,5-7H2. The molecule has 2 rings (SSSR count). The molecule has 1 aromatic carbocycles. The summed E-state index contributed by atoms with van der Waals surface area (Å²) in [6.07, 6.45) is 0.902. The van der Waals surface area contributed by atoms with E-state index in [0.29, 0.717) is 13.1 Å². The normalized spacial score (nSPS) is 17.9. The van der Waals surface area contributed by atoms with Gasteiger partial charge >= 0.3 is 0 Å². The Balaban J connectivity index is 2.34. The summed E-state index contributed by atoms with van der Waals surface area (Å²) >= 11 is 0. The van der Waals surface area contributed by atoms with Gasteiger partial charge in [0, 0.05) is 6.54 Å². The molecule has 0 N–H and O–H groups in total. The molecule has 0 saturated heterocycles. The molecule has 0 spiro atoms. The molecule has 0 aromatic heterocycles. The van der Waals surface area contributed by atoms with E-state index in [0.717, 1.165) is 11.5 Å². The number of rotatable bonds is 0. The van der Waals surface area contributed by atoms with Gasteiger partial charge in [-0.05, 0) is 17.5 Å². The molecule has 0 atom stereocenters. The first-order valence-electron chi connectivity index (χ1n) is 3.85. The van der Waals surface area contributed by atoms with Gasteiger partial charge in [0.05, 0.1) is 6.54 Å². The minimum atomic E-state index is 0.566. The van der Waals surface area contributed by atoms with Gasteiger partial charge in [-0.15, -0.1) is 5.21 Å². The first-order chi connectivity index (χ1) is 5.36. The zero-order chi connectivity index (χ0) is 7.68. The topological polar surface area (TPSA) is 23.1 Å². The molecule has 1 aromatic rings. The highest BCUT2D eigenvalue weighted by Crippen LogP contribution is 2.16. The summed E-state index contributed by atoms with van der Waals surface area (Å²) in [7, 11) is 0. The Kier molecular flexibility index (Phi) is 1.64. The average Bonchev–Trinajstić information content (AvgIpc) is 2.04. The summed E-state index contributed by atoms with van der Waals surface area (Å²) in [5.74, 6) is 0. The van der Waals surface area contributed by atoms with Gasteiger partial charge in [0.2, 0.25) is 0 Å².